The number of piperazine rings is 1. The molecule has 0 bridgehead atoms. The zero-order valence-electron chi connectivity index (χ0n) is 14.6. The van der Waals surface area contributed by atoms with Gasteiger partial charge < -0.3 is 9.80 Å². The molecule has 0 N–H and O–H groups in total. The fourth-order valence-corrected chi connectivity index (χ4v) is 3.28. The van der Waals surface area contributed by atoms with Crippen LogP contribution in [0.15, 0.2) is 42.5 Å². The lowest BCUT2D eigenvalue weighted by molar-refractivity contribution is -0.124. The monoisotopic (exact) mass is 356 g/mol. The van der Waals surface area contributed by atoms with Crippen molar-refractivity contribution in [1.82, 2.24) is 4.90 Å². The summed E-state index contributed by atoms with van der Waals surface area (Å²) in [5.41, 5.74) is 3.64. The van der Waals surface area contributed by atoms with E-state index in [4.69, 9.17) is 11.6 Å². The predicted octanol–water partition coefficient (Wildman–Crippen LogP) is 3.83. The van der Waals surface area contributed by atoms with Crippen molar-refractivity contribution in [3.63, 3.8) is 0 Å². The van der Waals surface area contributed by atoms with Crippen molar-refractivity contribution in [1.29, 1.82) is 0 Å². The molecule has 2 aromatic rings. The van der Waals surface area contributed by atoms with E-state index >= 15 is 0 Å². The minimum Gasteiger partial charge on any atom is -0.325 e. The van der Waals surface area contributed by atoms with Gasteiger partial charge in [0, 0.05) is 29.4 Å². The third-order valence-corrected chi connectivity index (χ3v) is 4.91. The lowest BCUT2D eigenvalue weighted by Gasteiger charge is -2.39. The van der Waals surface area contributed by atoms with Gasteiger partial charge in [0.15, 0.2) is 0 Å². The van der Waals surface area contributed by atoms with Gasteiger partial charge in [0.05, 0.1) is 0 Å². The van der Waals surface area contributed by atoms with Crippen LogP contribution in [0.2, 0.25) is 5.02 Å². The average Bonchev–Trinajstić information content (AvgIpc) is 2.60. The van der Waals surface area contributed by atoms with Gasteiger partial charge in [0.25, 0.3) is 5.91 Å². The molecular formula is C20H21ClN2O2. The second kappa shape index (κ2) is 6.89. The number of nitrogens with zero attached hydrogens (tertiary/aromatic N) is 2. The van der Waals surface area contributed by atoms with Crippen LogP contribution in [0.4, 0.5) is 5.69 Å². The average molecular weight is 357 g/mol. The quantitative estimate of drug-likeness (QED) is 0.820. The van der Waals surface area contributed by atoms with Gasteiger partial charge in [-0.25, -0.2) is 0 Å². The molecule has 3 rings (SSSR count). The van der Waals surface area contributed by atoms with E-state index in [0.717, 1.165) is 16.8 Å². The number of amides is 2. The van der Waals surface area contributed by atoms with E-state index in [1.807, 2.05) is 32.0 Å². The number of carbonyl (C=O) groups excluding carboxylic acids is 2. The number of aryl methyl sites for hydroxylation is 2. The molecule has 1 aliphatic heterocycles. The van der Waals surface area contributed by atoms with Gasteiger partial charge >= 0.3 is 0 Å². The summed E-state index contributed by atoms with van der Waals surface area (Å²) in [7, 11) is 0. The van der Waals surface area contributed by atoms with Crippen molar-refractivity contribution < 1.29 is 9.59 Å². The smallest absolute Gasteiger partial charge is 0.254 e. The molecule has 1 saturated heterocycles. The molecule has 5 heteroatoms. The first-order valence-electron chi connectivity index (χ1n) is 8.33. The Morgan fingerprint density at radius 1 is 1.08 bits per heavy atom. The van der Waals surface area contributed by atoms with Gasteiger partial charge in [0.1, 0.15) is 6.04 Å². The largest absolute Gasteiger partial charge is 0.325 e. The van der Waals surface area contributed by atoms with Gasteiger partial charge in [-0.2, -0.15) is 0 Å². The highest BCUT2D eigenvalue weighted by Gasteiger charge is 2.35. The molecule has 2 amide bonds. The van der Waals surface area contributed by atoms with Crippen LogP contribution in [-0.4, -0.2) is 35.8 Å². The van der Waals surface area contributed by atoms with E-state index < -0.39 is 6.04 Å². The summed E-state index contributed by atoms with van der Waals surface area (Å²) < 4.78 is 0. The molecule has 130 valence electrons. The van der Waals surface area contributed by atoms with Crippen LogP contribution in [0.3, 0.4) is 0 Å². The number of carbonyl (C=O) groups is 2. The molecule has 1 heterocycles. The van der Waals surface area contributed by atoms with Gasteiger partial charge in [-0.05, 0) is 62.2 Å². The van der Waals surface area contributed by atoms with Crippen LogP contribution in [0.25, 0.3) is 0 Å². The van der Waals surface area contributed by atoms with Crippen LogP contribution < -0.4 is 4.90 Å². The summed E-state index contributed by atoms with van der Waals surface area (Å²) in [6.07, 6.45) is 0. The summed E-state index contributed by atoms with van der Waals surface area (Å²) >= 11 is 5.88. The topological polar surface area (TPSA) is 40.6 Å². The molecule has 0 radical (unpaired) electrons. The number of hydrogen-bond donors (Lipinski definition) is 0. The minimum atomic E-state index is -0.503. The van der Waals surface area contributed by atoms with E-state index in [-0.39, 0.29) is 11.8 Å². The highest BCUT2D eigenvalue weighted by atomic mass is 35.5. The van der Waals surface area contributed by atoms with Crippen LogP contribution >= 0.6 is 11.6 Å². The third-order valence-electron chi connectivity index (χ3n) is 4.66. The molecule has 0 spiro atoms. The van der Waals surface area contributed by atoms with Crippen molar-refractivity contribution in [3.8, 4) is 0 Å². The standard InChI is InChI=1S/C20H21ClN2O2/c1-13-4-5-14(2)18(12-13)23-11-10-22(15(3)19(23)24)20(25)16-6-8-17(21)9-7-16/h4-9,12,15H,10-11H2,1-3H3/t15-/m0/s1. The molecule has 25 heavy (non-hydrogen) atoms. The van der Waals surface area contributed by atoms with Gasteiger partial charge in [-0.15, -0.1) is 0 Å². The highest BCUT2D eigenvalue weighted by Crippen LogP contribution is 2.26. The van der Waals surface area contributed by atoms with E-state index in [1.165, 1.54) is 0 Å². The molecule has 4 nitrogen and oxygen atoms in total. The second-order valence-electron chi connectivity index (χ2n) is 6.46. The third kappa shape index (κ3) is 3.40. The summed E-state index contributed by atoms with van der Waals surface area (Å²) in [6.45, 7) is 6.79. The normalized spacial score (nSPS) is 17.8. The summed E-state index contributed by atoms with van der Waals surface area (Å²) in [5.74, 6) is -0.194. The fourth-order valence-electron chi connectivity index (χ4n) is 3.16. The molecule has 1 fully saturated rings. The molecule has 1 atom stereocenters. The zero-order valence-corrected chi connectivity index (χ0v) is 15.4. The van der Waals surface area contributed by atoms with Gasteiger partial charge in [-0.1, -0.05) is 23.7 Å². The van der Waals surface area contributed by atoms with Crippen molar-refractivity contribution in [2.45, 2.75) is 26.8 Å². The maximum absolute atomic E-state index is 12.9. The van der Waals surface area contributed by atoms with E-state index in [1.54, 1.807) is 41.0 Å². The Morgan fingerprint density at radius 3 is 2.44 bits per heavy atom. The Morgan fingerprint density at radius 2 is 1.76 bits per heavy atom. The SMILES string of the molecule is Cc1ccc(C)c(N2CCN(C(=O)c3ccc(Cl)cc3)[C@@H](C)C2=O)c1. The second-order valence-corrected chi connectivity index (χ2v) is 6.90. The Bertz CT molecular complexity index is 817. The number of rotatable bonds is 2. The Labute approximate surface area is 153 Å². The molecule has 0 saturated carbocycles. The lowest BCUT2D eigenvalue weighted by Crippen LogP contribution is -2.58. The molecule has 0 aliphatic carbocycles. The first-order chi connectivity index (χ1) is 11.9. The van der Waals surface area contributed by atoms with E-state index in [0.29, 0.717) is 23.7 Å². The van der Waals surface area contributed by atoms with E-state index in [9.17, 15) is 9.59 Å². The van der Waals surface area contributed by atoms with E-state index in [2.05, 4.69) is 0 Å². The highest BCUT2D eigenvalue weighted by molar-refractivity contribution is 6.30. The Kier molecular flexibility index (Phi) is 4.82. The van der Waals surface area contributed by atoms with Gasteiger partial charge in [0.2, 0.25) is 5.91 Å². The number of benzene rings is 2. The number of anilines is 1. The molecular weight excluding hydrogens is 336 g/mol. The zero-order chi connectivity index (χ0) is 18.1. The molecule has 0 unspecified atom stereocenters. The van der Waals surface area contributed by atoms with Crippen LogP contribution in [0.5, 0.6) is 0 Å². The lowest BCUT2D eigenvalue weighted by atomic mass is 10.1. The summed E-state index contributed by atoms with van der Waals surface area (Å²) in [5, 5.41) is 0.584. The van der Waals surface area contributed by atoms with Crippen molar-refractivity contribution in [2.75, 3.05) is 18.0 Å². The molecule has 2 aromatic carbocycles. The molecule has 1 aliphatic rings. The van der Waals surface area contributed by atoms with Crippen molar-refractivity contribution in [3.05, 3.63) is 64.2 Å². The number of hydrogen-bond acceptors (Lipinski definition) is 2. The fraction of sp³-hybridized carbons (Fsp3) is 0.300. The van der Waals surface area contributed by atoms with Gasteiger partial charge in [-0.3, -0.25) is 9.59 Å². The maximum atomic E-state index is 12.9. The minimum absolute atomic E-state index is 0.0535. The maximum Gasteiger partial charge on any atom is 0.254 e. The first kappa shape index (κ1) is 17.5. The summed E-state index contributed by atoms with van der Waals surface area (Å²) in [6, 6.07) is 12.3. The van der Waals surface area contributed by atoms with Crippen LogP contribution in [-0.2, 0) is 4.79 Å². The van der Waals surface area contributed by atoms with Crippen molar-refractivity contribution >= 4 is 29.1 Å². The number of halogens is 1. The van der Waals surface area contributed by atoms with Crippen LogP contribution in [0, 0.1) is 13.8 Å². The summed E-state index contributed by atoms with van der Waals surface area (Å²) in [4.78, 5) is 29.1. The molecule has 0 aromatic heterocycles. The van der Waals surface area contributed by atoms with Crippen molar-refractivity contribution in [2.24, 2.45) is 0 Å². The Hall–Kier alpha value is -2.33. The van der Waals surface area contributed by atoms with Crippen LogP contribution in [0.1, 0.15) is 28.4 Å². The predicted molar refractivity (Wildman–Crippen MR) is 100 cm³/mol. The first-order valence-corrected chi connectivity index (χ1v) is 8.71. The Balaban J connectivity index is 1.83.